The fourth-order valence-corrected chi connectivity index (χ4v) is 5.84. The molecule has 7 rings (SSSR count). The largest absolute Gasteiger partial charge is 0.353 e. The van der Waals surface area contributed by atoms with Gasteiger partial charge in [-0.25, -0.2) is 0 Å². The van der Waals surface area contributed by atoms with E-state index in [-0.39, 0.29) is 5.91 Å². The van der Waals surface area contributed by atoms with Gasteiger partial charge in [0.2, 0.25) is 0 Å². The zero-order chi connectivity index (χ0) is 26.3. The summed E-state index contributed by atoms with van der Waals surface area (Å²) in [6, 6.07) is 30.1. The lowest BCUT2D eigenvalue weighted by atomic mass is 10.0. The summed E-state index contributed by atoms with van der Waals surface area (Å²) in [5.74, 6) is -0.169. The van der Waals surface area contributed by atoms with E-state index < -0.39 is 0 Å². The summed E-state index contributed by atoms with van der Waals surface area (Å²) in [5.41, 5.74) is 8.18. The summed E-state index contributed by atoms with van der Waals surface area (Å²) in [6.07, 6.45) is 3.46. The molecule has 0 aliphatic heterocycles. The maximum atomic E-state index is 12.6. The predicted octanol–water partition coefficient (Wildman–Crippen LogP) is 8.06. The van der Waals surface area contributed by atoms with Crippen LogP contribution in [0.4, 0.5) is 5.69 Å². The number of aromatic amines is 2. The normalized spacial score (nSPS) is 11.3. The Morgan fingerprint density at radius 1 is 0.821 bits per heavy atom. The first-order valence-corrected chi connectivity index (χ1v) is 13.4. The average Bonchev–Trinajstić information content (AvgIpc) is 3.71. The van der Waals surface area contributed by atoms with Crippen LogP contribution in [0.3, 0.4) is 0 Å². The minimum absolute atomic E-state index is 0.169. The van der Waals surface area contributed by atoms with Crippen molar-refractivity contribution in [1.82, 2.24) is 20.2 Å². The van der Waals surface area contributed by atoms with Crippen LogP contribution in [-0.4, -0.2) is 26.1 Å². The summed E-state index contributed by atoms with van der Waals surface area (Å²) >= 11 is 1.80. The van der Waals surface area contributed by atoms with E-state index in [0.29, 0.717) is 11.3 Å². The maximum Gasteiger partial charge on any atom is 0.255 e. The van der Waals surface area contributed by atoms with Crippen LogP contribution in [0.2, 0.25) is 0 Å². The first-order chi connectivity index (χ1) is 19.1. The Kier molecular flexibility index (Phi) is 5.56. The van der Waals surface area contributed by atoms with Crippen molar-refractivity contribution in [2.45, 2.75) is 6.92 Å². The lowest BCUT2D eigenvalue weighted by molar-refractivity contribution is 0.102. The second kappa shape index (κ2) is 9.38. The van der Waals surface area contributed by atoms with Gasteiger partial charge in [-0.05, 0) is 67.1 Å². The summed E-state index contributed by atoms with van der Waals surface area (Å²) in [7, 11) is 0. The van der Waals surface area contributed by atoms with E-state index in [1.807, 2.05) is 36.4 Å². The molecule has 0 bridgehead atoms. The number of H-pyrrole nitrogens is 2. The van der Waals surface area contributed by atoms with E-state index >= 15 is 0 Å². The summed E-state index contributed by atoms with van der Waals surface area (Å²) in [4.78, 5) is 23.1. The highest BCUT2D eigenvalue weighted by Gasteiger charge is 2.15. The molecule has 0 radical (unpaired) electrons. The lowest BCUT2D eigenvalue weighted by Gasteiger charge is -2.08. The topological polar surface area (TPSA) is 86.5 Å². The number of rotatable bonds is 5. The molecule has 188 valence electrons. The molecule has 7 aromatic rings. The fourth-order valence-electron chi connectivity index (χ4n) is 4.93. The summed E-state index contributed by atoms with van der Waals surface area (Å²) < 4.78 is 0. The van der Waals surface area contributed by atoms with Gasteiger partial charge < -0.3 is 10.3 Å². The van der Waals surface area contributed by atoms with Gasteiger partial charge in [0.25, 0.3) is 5.91 Å². The van der Waals surface area contributed by atoms with Crippen LogP contribution >= 0.6 is 11.3 Å². The molecule has 0 aliphatic rings. The molecule has 0 aliphatic carbocycles. The van der Waals surface area contributed by atoms with Crippen molar-refractivity contribution in [3.05, 3.63) is 114 Å². The zero-order valence-electron chi connectivity index (χ0n) is 21.0. The van der Waals surface area contributed by atoms with E-state index in [2.05, 4.69) is 74.9 Å². The van der Waals surface area contributed by atoms with Gasteiger partial charge in [0.1, 0.15) is 5.69 Å². The number of hydrogen-bond donors (Lipinski definition) is 3. The van der Waals surface area contributed by atoms with Gasteiger partial charge in [-0.2, -0.15) is 5.10 Å². The van der Waals surface area contributed by atoms with Gasteiger partial charge in [0.15, 0.2) is 0 Å². The monoisotopic (exact) mass is 525 g/mol. The molecule has 39 heavy (non-hydrogen) atoms. The number of anilines is 1. The van der Waals surface area contributed by atoms with Crippen LogP contribution in [0.25, 0.3) is 54.8 Å². The second-order valence-electron chi connectivity index (χ2n) is 9.48. The molecule has 0 fully saturated rings. The highest BCUT2D eigenvalue weighted by atomic mass is 32.1. The molecule has 0 unspecified atom stereocenters. The molecule has 0 spiro atoms. The van der Waals surface area contributed by atoms with Crippen LogP contribution in [0.5, 0.6) is 0 Å². The van der Waals surface area contributed by atoms with Crippen LogP contribution in [-0.2, 0) is 0 Å². The molecule has 4 heterocycles. The van der Waals surface area contributed by atoms with Crippen LogP contribution in [0.15, 0.2) is 103 Å². The van der Waals surface area contributed by atoms with E-state index in [0.717, 1.165) is 38.9 Å². The molecular formula is C32H23N5OS. The number of benzene rings is 3. The van der Waals surface area contributed by atoms with Crippen LogP contribution in [0, 0.1) is 6.92 Å². The number of amides is 1. The number of thiophene rings is 1. The number of carbonyl (C=O) groups is 1. The van der Waals surface area contributed by atoms with E-state index in [1.54, 1.807) is 35.9 Å². The standard InChI is InChI=1S/C32H23N5OS/c1-19-10-13-30(39-19)24-8-5-9-27-25(24)16-29(35-27)31-26-15-21(11-12-28(26)36-37-31)22-14-23(18-33-17-22)34-32(38)20-6-3-2-4-7-20/h2-18,35H,1H3,(H,34,38)(H,36,37). The Hall–Kier alpha value is -5.01. The number of hydrogen-bond acceptors (Lipinski definition) is 4. The average molecular weight is 526 g/mol. The SMILES string of the molecule is Cc1ccc(-c2cccc3[nH]c(-c4n[nH]c5ccc(-c6cncc(NC(=O)c7ccccc7)c6)cc45)cc23)s1. The highest BCUT2D eigenvalue weighted by Crippen LogP contribution is 2.37. The minimum atomic E-state index is -0.169. The Labute approximate surface area is 228 Å². The van der Waals surface area contributed by atoms with Crippen molar-refractivity contribution in [3.63, 3.8) is 0 Å². The molecule has 7 heteroatoms. The molecule has 0 saturated carbocycles. The minimum Gasteiger partial charge on any atom is -0.353 e. The van der Waals surface area contributed by atoms with Gasteiger partial charge in [-0.1, -0.05) is 36.4 Å². The molecule has 6 nitrogen and oxygen atoms in total. The highest BCUT2D eigenvalue weighted by molar-refractivity contribution is 7.15. The number of nitrogens with one attached hydrogen (secondary N) is 3. The Morgan fingerprint density at radius 3 is 2.56 bits per heavy atom. The van der Waals surface area contributed by atoms with Gasteiger partial charge >= 0.3 is 0 Å². The smallest absolute Gasteiger partial charge is 0.255 e. The molecule has 3 N–H and O–H groups in total. The first-order valence-electron chi connectivity index (χ1n) is 12.6. The Bertz CT molecular complexity index is 1980. The van der Waals surface area contributed by atoms with Crippen LogP contribution < -0.4 is 5.32 Å². The summed E-state index contributed by atoms with van der Waals surface area (Å²) in [5, 5.41) is 13.0. The van der Waals surface area contributed by atoms with Crippen molar-refractivity contribution in [1.29, 1.82) is 0 Å². The van der Waals surface area contributed by atoms with Gasteiger partial charge in [-0.15, -0.1) is 11.3 Å². The number of nitrogens with zero attached hydrogens (tertiary/aromatic N) is 2. The third-order valence-electron chi connectivity index (χ3n) is 6.85. The van der Waals surface area contributed by atoms with Crippen LogP contribution in [0.1, 0.15) is 15.2 Å². The van der Waals surface area contributed by atoms with E-state index in [1.165, 1.54) is 20.7 Å². The zero-order valence-corrected chi connectivity index (χ0v) is 21.8. The Balaban J connectivity index is 1.25. The quantitative estimate of drug-likeness (QED) is 0.212. The number of pyridine rings is 1. The second-order valence-corrected chi connectivity index (χ2v) is 10.8. The Morgan fingerprint density at radius 2 is 1.72 bits per heavy atom. The predicted molar refractivity (Wildman–Crippen MR) is 159 cm³/mol. The van der Waals surface area contributed by atoms with Crippen molar-refractivity contribution in [2.24, 2.45) is 0 Å². The number of fused-ring (bicyclic) bond motifs is 2. The number of aromatic nitrogens is 4. The van der Waals surface area contributed by atoms with E-state index in [9.17, 15) is 4.79 Å². The third-order valence-corrected chi connectivity index (χ3v) is 7.89. The number of carbonyl (C=O) groups excluding carboxylic acids is 1. The molecule has 1 amide bonds. The molecular weight excluding hydrogens is 502 g/mol. The van der Waals surface area contributed by atoms with Crippen molar-refractivity contribution in [3.8, 4) is 33.0 Å². The molecule has 4 aromatic heterocycles. The molecule has 3 aromatic carbocycles. The van der Waals surface area contributed by atoms with E-state index in [4.69, 9.17) is 0 Å². The van der Waals surface area contributed by atoms with Gasteiger partial charge in [-0.3, -0.25) is 14.9 Å². The number of aryl methyl sites for hydroxylation is 1. The third kappa shape index (κ3) is 4.28. The first kappa shape index (κ1) is 23.1. The van der Waals surface area contributed by atoms with Gasteiger partial charge in [0, 0.05) is 48.9 Å². The molecule has 0 saturated heterocycles. The molecule has 0 atom stereocenters. The van der Waals surface area contributed by atoms with Gasteiger partial charge in [0.05, 0.1) is 23.1 Å². The lowest BCUT2D eigenvalue weighted by Crippen LogP contribution is -2.11. The van der Waals surface area contributed by atoms with Crippen molar-refractivity contribution < 1.29 is 4.79 Å². The summed E-state index contributed by atoms with van der Waals surface area (Å²) in [6.45, 7) is 2.13. The maximum absolute atomic E-state index is 12.6. The van der Waals surface area contributed by atoms with Crippen molar-refractivity contribution >= 4 is 44.7 Å². The van der Waals surface area contributed by atoms with Crippen molar-refractivity contribution in [2.75, 3.05) is 5.32 Å². The fraction of sp³-hybridized carbons (Fsp3) is 0.0312.